The molecule has 0 radical (unpaired) electrons. The van der Waals surface area contributed by atoms with Crippen LogP contribution in [-0.2, 0) is 24.9 Å². The molecule has 0 bridgehead atoms. The average molecular weight is 288 g/mol. The van der Waals surface area contributed by atoms with Crippen molar-refractivity contribution < 1.29 is 4.79 Å². The molecule has 2 heterocycles. The van der Waals surface area contributed by atoms with E-state index in [9.17, 15) is 4.79 Å². The molecule has 0 fully saturated rings. The number of hydrogen-bond donors (Lipinski definition) is 1. The smallest absolute Gasteiger partial charge is 0.242 e. The maximum Gasteiger partial charge on any atom is 0.242 e. The Labute approximate surface area is 113 Å². The van der Waals surface area contributed by atoms with Crippen LogP contribution in [0.4, 0.5) is 0 Å². The van der Waals surface area contributed by atoms with E-state index in [0.29, 0.717) is 16.6 Å². The zero-order valence-corrected chi connectivity index (χ0v) is 11.1. The molecule has 0 saturated carbocycles. The van der Waals surface area contributed by atoms with E-state index in [4.69, 9.17) is 23.2 Å². The highest BCUT2D eigenvalue weighted by Gasteiger charge is 2.09. The Morgan fingerprint density at radius 3 is 2.72 bits per heavy atom. The zero-order chi connectivity index (χ0) is 13.1. The molecule has 0 aliphatic heterocycles. The Morgan fingerprint density at radius 1 is 1.39 bits per heavy atom. The number of halogens is 2. The van der Waals surface area contributed by atoms with Crippen molar-refractivity contribution in [3.8, 4) is 0 Å². The maximum atomic E-state index is 11.7. The monoisotopic (exact) mass is 287 g/mol. The largest absolute Gasteiger partial charge is 0.349 e. The fourth-order valence-corrected chi connectivity index (χ4v) is 1.83. The van der Waals surface area contributed by atoms with Crippen molar-refractivity contribution in [2.45, 2.75) is 13.1 Å². The molecule has 2 aromatic rings. The van der Waals surface area contributed by atoms with Crippen molar-refractivity contribution in [2.24, 2.45) is 7.05 Å². The Morgan fingerprint density at radius 2 is 2.17 bits per heavy atom. The van der Waals surface area contributed by atoms with Crippen LogP contribution < -0.4 is 5.32 Å². The molecular formula is C10H11Cl2N5O. The minimum absolute atomic E-state index is 0.113. The van der Waals surface area contributed by atoms with Gasteiger partial charge in [0.1, 0.15) is 6.54 Å². The quantitative estimate of drug-likeness (QED) is 0.920. The summed E-state index contributed by atoms with van der Waals surface area (Å²) in [6.07, 6.45) is 4.60. The molecule has 2 aromatic heterocycles. The summed E-state index contributed by atoms with van der Waals surface area (Å²) in [6, 6.07) is 0. The molecule has 6 nitrogen and oxygen atoms in total. The number of amides is 1. The SMILES string of the molecule is Cn1ncc(Cl)c1CNC(=O)Cn1cc(Cl)cn1. The highest BCUT2D eigenvalue weighted by molar-refractivity contribution is 6.31. The van der Waals surface area contributed by atoms with Gasteiger partial charge in [-0.25, -0.2) is 0 Å². The maximum absolute atomic E-state index is 11.7. The molecule has 0 aliphatic rings. The summed E-state index contributed by atoms with van der Waals surface area (Å²) in [5.74, 6) is -0.174. The Hall–Kier alpha value is -1.53. The molecule has 8 heteroatoms. The van der Waals surface area contributed by atoms with E-state index in [2.05, 4.69) is 15.5 Å². The second-order valence-corrected chi connectivity index (χ2v) is 4.54. The van der Waals surface area contributed by atoms with E-state index < -0.39 is 0 Å². The number of rotatable bonds is 4. The molecule has 0 aliphatic carbocycles. The van der Waals surface area contributed by atoms with Crippen LogP contribution in [0.5, 0.6) is 0 Å². The van der Waals surface area contributed by atoms with Gasteiger partial charge in [0.2, 0.25) is 5.91 Å². The lowest BCUT2D eigenvalue weighted by Crippen LogP contribution is -2.28. The molecule has 0 aromatic carbocycles. The molecule has 96 valence electrons. The first kappa shape index (κ1) is 12.9. The van der Waals surface area contributed by atoms with Crippen LogP contribution in [-0.4, -0.2) is 25.5 Å². The second-order valence-electron chi connectivity index (χ2n) is 3.70. The van der Waals surface area contributed by atoms with E-state index in [1.54, 1.807) is 17.9 Å². The topological polar surface area (TPSA) is 64.7 Å². The van der Waals surface area contributed by atoms with Crippen molar-refractivity contribution in [1.29, 1.82) is 0 Å². The summed E-state index contributed by atoms with van der Waals surface area (Å²) in [5, 5.41) is 11.7. The first-order valence-corrected chi connectivity index (χ1v) is 5.93. The van der Waals surface area contributed by atoms with E-state index >= 15 is 0 Å². The van der Waals surface area contributed by atoms with Crippen molar-refractivity contribution in [3.63, 3.8) is 0 Å². The molecule has 1 amide bonds. The third kappa shape index (κ3) is 3.02. The van der Waals surface area contributed by atoms with Gasteiger partial charge in [0.05, 0.1) is 34.7 Å². The van der Waals surface area contributed by atoms with Gasteiger partial charge in [-0.1, -0.05) is 23.2 Å². The van der Waals surface area contributed by atoms with E-state index in [1.807, 2.05) is 0 Å². The standard InChI is InChI=1S/C10H11Cl2N5O/c1-16-9(8(12)3-14-16)4-13-10(18)6-17-5-7(11)2-15-17/h2-3,5H,4,6H2,1H3,(H,13,18). The highest BCUT2D eigenvalue weighted by Crippen LogP contribution is 2.13. The Bertz CT molecular complexity index is 543. The summed E-state index contributed by atoms with van der Waals surface area (Å²) in [7, 11) is 1.76. The summed E-state index contributed by atoms with van der Waals surface area (Å²) >= 11 is 11.6. The zero-order valence-electron chi connectivity index (χ0n) is 9.60. The number of hydrogen-bond acceptors (Lipinski definition) is 3. The van der Waals surface area contributed by atoms with Gasteiger partial charge in [-0.2, -0.15) is 10.2 Å². The lowest BCUT2D eigenvalue weighted by atomic mass is 10.4. The van der Waals surface area contributed by atoms with Gasteiger partial charge >= 0.3 is 0 Å². The molecule has 0 unspecified atom stereocenters. The molecule has 2 rings (SSSR count). The molecule has 0 spiro atoms. The van der Waals surface area contributed by atoms with Crippen molar-refractivity contribution in [2.75, 3.05) is 0 Å². The van der Waals surface area contributed by atoms with Gasteiger partial charge < -0.3 is 5.32 Å². The minimum Gasteiger partial charge on any atom is -0.349 e. The fraction of sp³-hybridized carbons (Fsp3) is 0.300. The van der Waals surface area contributed by atoms with E-state index in [1.165, 1.54) is 17.1 Å². The number of carbonyl (C=O) groups is 1. The molecule has 0 saturated heterocycles. The highest BCUT2D eigenvalue weighted by atomic mass is 35.5. The predicted molar refractivity (Wildman–Crippen MR) is 67.3 cm³/mol. The first-order chi connectivity index (χ1) is 8.56. The van der Waals surface area contributed by atoms with Gasteiger partial charge in [-0.05, 0) is 0 Å². The summed E-state index contributed by atoms with van der Waals surface area (Å²) in [5.41, 5.74) is 0.753. The van der Waals surface area contributed by atoms with E-state index in [-0.39, 0.29) is 12.5 Å². The van der Waals surface area contributed by atoms with Crippen LogP contribution in [0.3, 0.4) is 0 Å². The van der Waals surface area contributed by atoms with Crippen LogP contribution in [0.1, 0.15) is 5.69 Å². The lowest BCUT2D eigenvalue weighted by molar-refractivity contribution is -0.122. The predicted octanol–water partition coefficient (Wildman–Crippen LogP) is 1.24. The summed E-state index contributed by atoms with van der Waals surface area (Å²) < 4.78 is 3.08. The van der Waals surface area contributed by atoms with Crippen LogP contribution >= 0.6 is 23.2 Å². The van der Waals surface area contributed by atoms with E-state index in [0.717, 1.165) is 5.69 Å². The average Bonchev–Trinajstić information content (AvgIpc) is 2.84. The normalized spacial score (nSPS) is 10.6. The van der Waals surface area contributed by atoms with Gasteiger partial charge in [-0.15, -0.1) is 0 Å². The third-order valence-electron chi connectivity index (χ3n) is 2.37. The number of nitrogens with zero attached hydrogens (tertiary/aromatic N) is 4. The number of nitrogens with one attached hydrogen (secondary N) is 1. The third-order valence-corrected chi connectivity index (χ3v) is 2.88. The van der Waals surface area contributed by atoms with Crippen LogP contribution in [0.2, 0.25) is 10.0 Å². The molecule has 0 atom stereocenters. The van der Waals surface area contributed by atoms with Gasteiger partial charge in [0.25, 0.3) is 0 Å². The second kappa shape index (κ2) is 5.41. The van der Waals surface area contributed by atoms with Gasteiger partial charge in [0, 0.05) is 13.2 Å². The van der Waals surface area contributed by atoms with Crippen LogP contribution in [0.25, 0.3) is 0 Å². The minimum atomic E-state index is -0.174. The van der Waals surface area contributed by atoms with Crippen molar-refractivity contribution in [3.05, 3.63) is 34.3 Å². The molecule has 1 N–H and O–H groups in total. The summed E-state index contributed by atoms with van der Waals surface area (Å²) in [6.45, 7) is 0.436. The Kier molecular flexibility index (Phi) is 3.88. The fourth-order valence-electron chi connectivity index (χ4n) is 1.45. The Balaban J connectivity index is 1.89. The van der Waals surface area contributed by atoms with Crippen molar-refractivity contribution >= 4 is 29.1 Å². The lowest BCUT2D eigenvalue weighted by Gasteiger charge is -2.06. The number of carbonyl (C=O) groups excluding carboxylic acids is 1. The van der Waals surface area contributed by atoms with Gasteiger partial charge in [-0.3, -0.25) is 14.2 Å². The number of aryl methyl sites for hydroxylation is 1. The first-order valence-electron chi connectivity index (χ1n) is 5.17. The van der Waals surface area contributed by atoms with Crippen LogP contribution in [0.15, 0.2) is 18.6 Å². The van der Waals surface area contributed by atoms with Gasteiger partial charge in [0.15, 0.2) is 0 Å². The van der Waals surface area contributed by atoms with Crippen LogP contribution in [0, 0.1) is 0 Å². The molecular weight excluding hydrogens is 277 g/mol. The number of aromatic nitrogens is 4. The molecule has 18 heavy (non-hydrogen) atoms. The van der Waals surface area contributed by atoms with Crippen molar-refractivity contribution in [1.82, 2.24) is 24.9 Å². The summed E-state index contributed by atoms with van der Waals surface area (Å²) in [4.78, 5) is 11.7.